The number of aryl methyl sites for hydroxylation is 2. The lowest BCUT2D eigenvalue weighted by atomic mass is 10.1. The van der Waals surface area contributed by atoms with E-state index in [9.17, 15) is 4.79 Å². The highest BCUT2D eigenvalue weighted by Crippen LogP contribution is 2.22. The molecular weight excluding hydrogens is 270 g/mol. The van der Waals surface area contributed by atoms with Crippen LogP contribution in [0, 0.1) is 13.8 Å². The number of carbonyl (C=O) groups excluding carboxylic acids is 1. The summed E-state index contributed by atoms with van der Waals surface area (Å²) < 4.78 is 7.14. The highest BCUT2D eigenvalue weighted by molar-refractivity contribution is 5.75. The molecular formula is C14H19N5O2. The number of tetrazole rings is 1. The van der Waals surface area contributed by atoms with E-state index >= 15 is 0 Å². The lowest BCUT2D eigenvalue weighted by Gasteiger charge is -2.12. The number of rotatable bonds is 7. The molecule has 7 nitrogen and oxygen atoms in total. The molecule has 7 heteroatoms. The number of carbonyl (C=O) groups is 1. The first-order valence-corrected chi connectivity index (χ1v) is 6.83. The molecule has 1 N–H and O–H groups in total. The zero-order chi connectivity index (χ0) is 15.1. The number of para-hydroxylation sites is 1. The normalized spacial score (nSPS) is 10.4. The van der Waals surface area contributed by atoms with Gasteiger partial charge in [-0.3, -0.25) is 4.79 Å². The van der Waals surface area contributed by atoms with Gasteiger partial charge < -0.3 is 10.1 Å². The van der Waals surface area contributed by atoms with E-state index in [1.165, 1.54) is 11.0 Å². The molecule has 0 atom stereocenters. The van der Waals surface area contributed by atoms with Crippen molar-refractivity contribution in [1.29, 1.82) is 0 Å². The Labute approximate surface area is 123 Å². The molecule has 21 heavy (non-hydrogen) atoms. The molecule has 0 unspecified atom stereocenters. The van der Waals surface area contributed by atoms with Crippen LogP contribution in [-0.4, -0.2) is 39.3 Å². The molecule has 0 saturated heterocycles. The summed E-state index contributed by atoms with van der Waals surface area (Å²) in [5.41, 5.74) is 2.25. The maximum Gasteiger partial charge on any atom is 0.241 e. The van der Waals surface area contributed by atoms with Crippen LogP contribution in [0.25, 0.3) is 0 Å². The topological polar surface area (TPSA) is 81.9 Å². The monoisotopic (exact) mass is 289 g/mol. The summed E-state index contributed by atoms with van der Waals surface area (Å²) in [5.74, 6) is 0.812. The molecule has 0 saturated carbocycles. The van der Waals surface area contributed by atoms with Crippen LogP contribution in [0.3, 0.4) is 0 Å². The second-order valence-corrected chi connectivity index (χ2v) is 4.78. The van der Waals surface area contributed by atoms with Gasteiger partial charge in [-0.2, -0.15) is 0 Å². The van der Waals surface area contributed by atoms with Crippen molar-refractivity contribution in [2.45, 2.75) is 26.8 Å². The van der Waals surface area contributed by atoms with Gasteiger partial charge in [0.25, 0.3) is 0 Å². The Morgan fingerprint density at radius 1 is 1.33 bits per heavy atom. The summed E-state index contributed by atoms with van der Waals surface area (Å²) >= 11 is 0. The van der Waals surface area contributed by atoms with Gasteiger partial charge in [0.2, 0.25) is 5.91 Å². The number of aromatic nitrogens is 4. The van der Waals surface area contributed by atoms with Crippen molar-refractivity contribution < 1.29 is 9.53 Å². The Hall–Kier alpha value is -2.44. The van der Waals surface area contributed by atoms with Crippen molar-refractivity contribution in [1.82, 2.24) is 25.5 Å². The highest BCUT2D eigenvalue weighted by Gasteiger charge is 2.04. The van der Waals surface area contributed by atoms with Gasteiger partial charge in [0.15, 0.2) is 0 Å². The van der Waals surface area contributed by atoms with E-state index in [1.807, 2.05) is 32.0 Å². The van der Waals surface area contributed by atoms with Crippen LogP contribution in [0.1, 0.15) is 17.5 Å². The Morgan fingerprint density at radius 3 is 2.76 bits per heavy atom. The van der Waals surface area contributed by atoms with Gasteiger partial charge in [0, 0.05) is 6.54 Å². The van der Waals surface area contributed by atoms with Crippen molar-refractivity contribution in [3.63, 3.8) is 0 Å². The minimum absolute atomic E-state index is 0.116. The molecule has 2 aromatic rings. The lowest BCUT2D eigenvalue weighted by Crippen LogP contribution is -2.29. The van der Waals surface area contributed by atoms with E-state index < -0.39 is 0 Å². The molecule has 0 aliphatic rings. The minimum atomic E-state index is -0.116. The average Bonchev–Trinajstić information content (AvgIpc) is 2.94. The van der Waals surface area contributed by atoms with Crippen LogP contribution in [-0.2, 0) is 11.3 Å². The van der Waals surface area contributed by atoms with Crippen molar-refractivity contribution >= 4 is 5.91 Å². The molecule has 0 fully saturated rings. The van der Waals surface area contributed by atoms with Crippen LogP contribution in [0.15, 0.2) is 24.5 Å². The van der Waals surface area contributed by atoms with E-state index in [-0.39, 0.29) is 12.5 Å². The van der Waals surface area contributed by atoms with Crippen LogP contribution in [0.5, 0.6) is 5.75 Å². The molecule has 0 radical (unpaired) electrons. The average molecular weight is 289 g/mol. The first kappa shape index (κ1) is 15.0. The van der Waals surface area contributed by atoms with E-state index in [2.05, 4.69) is 20.8 Å². The van der Waals surface area contributed by atoms with Gasteiger partial charge in [0.05, 0.1) is 6.61 Å². The molecule has 2 rings (SSSR count). The zero-order valence-electron chi connectivity index (χ0n) is 12.2. The molecule has 0 spiro atoms. The molecule has 1 heterocycles. The van der Waals surface area contributed by atoms with E-state index in [0.29, 0.717) is 13.2 Å². The fourth-order valence-electron chi connectivity index (χ4n) is 1.96. The summed E-state index contributed by atoms with van der Waals surface area (Å²) in [6, 6.07) is 6.06. The maximum absolute atomic E-state index is 11.6. The minimum Gasteiger partial charge on any atom is -0.493 e. The predicted octanol–water partition coefficient (Wildman–Crippen LogP) is 0.875. The summed E-state index contributed by atoms with van der Waals surface area (Å²) in [4.78, 5) is 11.6. The number of nitrogens with zero attached hydrogens (tertiary/aromatic N) is 4. The van der Waals surface area contributed by atoms with Crippen molar-refractivity contribution in [3.8, 4) is 5.75 Å². The fraction of sp³-hybridized carbons (Fsp3) is 0.429. The Kier molecular flexibility index (Phi) is 5.25. The van der Waals surface area contributed by atoms with E-state index in [0.717, 1.165) is 23.3 Å². The third-order valence-corrected chi connectivity index (χ3v) is 3.00. The molecule has 112 valence electrons. The SMILES string of the molecule is Cc1cccc(C)c1OCCCNC(=O)Cn1cnnn1. The first-order chi connectivity index (χ1) is 10.2. The second kappa shape index (κ2) is 7.37. The first-order valence-electron chi connectivity index (χ1n) is 6.83. The van der Waals surface area contributed by atoms with Crippen LogP contribution >= 0.6 is 0 Å². The standard InChI is InChI=1S/C14H19N5O2/c1-11-5-3-6-12(2)14(11)21-8-4-7-15-13(20)9-19-10-16-17-18-19/h3,5-6,10H,4,7-9H2,1-2H3,(H,15,20). The van der Waals surface area contributed by atoms with Crippen molar-refractivity contribution in [3.05, 3.63) is 35.7 Å². The third-order valence-electron chi connectivity index (χ3n) is 3.00. The molecule has 1 aromatic carbocycles. The quantitative estimate of drug-likeness (QED) is 0.765. The maximum atomic E-state index is 11.6. The van der Waals surface area contributed by atoms with Crippen LogP contribution in [0.4, 0.5) is 0 Å². The van der Waals surface area contributed by atoms with Gasteiger partial charge in [-0.05, 0) is 41.8 Å². The zero-order valence-corrected chi connectivity index (χ0v) is 12.2. The summed E-state index contributed by atoms with van der Waals surface area (Å²) in [6.45, 7) is 5.31. The van der Waals surface area contributed by atoms with Gasteiger partial charge >= 0.3 is 0 Å². The summed E-state index contributed by atoms with van der Waals surface area (Å²) in [5, 5.41) is 13.4. The van der Waals surface area contributed by atoms with Crippen LogP contribution < -0.4 is 10.1 Å². The van der Waals surface area contributed by atoms with Crippen LogP contribution in [0.2, 0.25) is 0 Å². The van der Waals surface area contributed by atoms with Gasteiger partial charge in [0.1, 0.15) is 18.6 Å². The Bertz CT molecular complexity index is 563. The molecule has 0 aliphatic heterocycles. The number of benzene rings is 1. The molecule has 0 bridgehead atoms. The second-order valence-electron chi connectivity index (χ2n) is 4.78. The lowest BCUT2D eigenvalue weighted by molar-refractivity contribution is -0.121. The third kappa shape index (κ3) is 4.55. The number of hydrogen-bond acceptors (Lipinski definition) is 5. The molecule has 1 amide bonds. The Morgan fingerprint density at radius 2 is 2.10 bits per heavy atom. The number of nitrogens with one attached hydrogen (secondary N) is 1. The highest BCUT2D eigenvalue weighted by atomic mass is 16.5. The summed E-state index contributed by atoms with van der Waals surface area (Å²) in [6.07, 6.45) is 2.15. The van der Waals surface area contributed by atoms with Crippen molar-refractivity contribution in [2.24, 2.45) is 0 Å². The smallest absolute Gasteiger partial charge is 0.241 e. The largest absolute Gasteiger partial charge is 0.493 e. The number of amides is 1. The van der Waals surface area contributed by atoms with E-state index in [4.69, 9.17) is 4.74 Å². The number of hydrogen-bond donors (Lipinski definition) is 1. The summed E-state index contributed by atoms with van der Waals surface area (Å²) in [7, 11) is 0. The van der Waals surface area contributed by atoms with Gasteiger partial charge in [-0.25, -0.2) is 4.68 Å². The Balaban J connectivity index is 1.65. The molecule has 0 aliphatic carbocycles. The molecule has 1 aromatic heterocycles. The fourth-order valence-corrected chi connectivity index (χ4v) is 1.96. The van der Waals surface area contributed by atoms with Gasteiger partial charge in [-0.15, -0.1) is 5.10 Å². The number of ether oxygens (including phenoxy) is 1. The van der Waals surface area contributed by atoms with Gasteiger partial charge in [-0.1, -0.05) is 18.2 Å². The van der Waals surface area contributed by atoms with E-state index in [1.54, 1.807) is 0 Å². The predicted molar refractivity (Wildman–Crippen MR) is 76.9 cm³/mol. The van der Waals surface area contributed by atoms with Crippen molar-refractivity contribution in [2.75, 3.05) is 13.2 Å².